The number of rotatable bonds is 12. The maximum Gasteiger partial charge on any atom is 0.337 e. The van der Waals surface area contributed by atoms with Gasteiger partial charge in [-0.2, -0.15) is 0 Å². The van der Waals surface area contributed by atoms with Crippen LogP contribution < -0.4 is 10.6 Å². The van der Waals surface area contributed by atoms with Crippen LogP contribution in [0.4, 0.5) is 14.5 Å². The van der Waals surface area contributed by atoms with E-state index in [4.69, 9.17) is 21.1 Å². The number of amides is 1. The minimum Gasteiger partial charge on any atom is -0.466 e. The number of hydrogen-bond donors (Lipinski definition) is 2. The molecule has 2 heterocycles. The van der Waals surface area contributed by atoms with Crippen LogP contribution in [0.25, 0.3) is 0 Å². The Kier molecular flexibility index (Phi) is 9.04. The molecule has 3 unspecified atom stereocenters. The molecule has 3 atom stereocenters. The second kappa shape index (κ2) is 12.3. The quantitative estimate of drug-likeness (QED) is 0.299. The van der Waals surface area contributed by atoms with Gasteiger partial charge in [-0.3, -0.25) is 4.79 Å². The fourth-order valence-corrected chi connectivity index (χ4v) is 5.25. The minimum atomic E-state index is -1.44. The van der Waals surface area contributed by atoms with Gasteiger partial charge in [-0.1, -0.05) is 43.7 Å². The summed E-state index contributed by atoms with van der Waals surface area (Å²) in [5.41, 5.74) is -0.239. The molecule has 0 aromatic heterocycles. The zero-order chi connectivity index (χ0) is 28.2. The lowest BCUT2D eigenvalue weighted by Gasteiger charge is -2.36. The molecule has 4 rings (SSSR count). The van der Waals surface area contributed by atoms with Crippen LogP contribution in [-0.2, 0) is 25.5 Å². The molecule has 39 heavy (non-hydrogen) atoms. The van der Waals surface area contributed by atoms with E-state index in [2.05, 4.69) is 15.5 Å². The average Bonchev–Trinajstić information content (AvgIpc) is 3.49. The van der Waals surface area contributed by atoms with E-state index in [9.17, 15) is 18.4 Å². The molecule has 208 valence electrons. The number of esters is 1. The van der Waals surface area contributed by atoms with Crippen LogP contribution in [0.15, 0.2) is 65.8 Å². The fourth-order valence-electron chi connectivity index (χ4n) is 5.12. The normalized spacial score (nSPS) is 20.4. The van der Waals surface area contributed by atoms with Crippen LogP contribution in [0.5, 0.6) is 0 Å². The van der Waals surface area contributed by atoms with E-state index in [1.807, 2.05) is 26.0 Å². The summed E-state index contributed by atoms with van der Waals surface area (Å²) in [6.07, 6.45) is 2.91. The molecule has 2 aliphatic heterocycles. The molecule has 7 nitrogen and oxygen atoms in total. The van der Waals surface area contributed by atoms with Gasteiger partial charge in [0.25, 0.3) is 5.91 Å². The van der Waals surface area contributed by atoms with E-state index in [0.29, 0.717) is 18.1 Å². The number of benzene rings is 2. The number of methoxy groups -OCH3 is 1. The Labute approximate surface area is 231 Å². The molecular weight excluding hydrogens is 528 g/mol. The van der Waals surface area contributed by atoms with Crippen molar-refractivity contribution >= 4 is 29.2 Å². The molecule has 0 fully saturated rings. The van der Waals surface area contributed by atoms with E-state index in [1.54, 1.807) is 24.3 Å². The van der Waals surface area contributed by atoms with Crippen LogP contribution in [0.2, 0.25) is 5.02 Å². The highest BCUT2D eigenvalue weighted by Gasteiger charge is 2.58. The lowest BCUT2D eigenvalue weighted by Crippen LogP contribution is -2.49. The van der Waals surface area contributed by atoms with Crippen LogP contribution >= 0.6 is 11.6 Å². The molecule has 0 saturated carbocycles. The zero-order valence-electron chi connectivity index (χ0n) is 22.1. The van der Waals surface area contributed by atoms with Gasteiger partial charge in [0.1, 0.15) is 23.3 Å². The smallest absolute Gasteiger partial charge is 0.337 e. The summed E-state index contributed by atoms with van der Waals surface area (Å²) >= 11 is 6.07. The number of fused-ring (bicyclic) bond motifs is 2. The van der Waals surface area contributed by atoms with Crippen molar-refractivity contribution in [3.05, 3.63) is 88.0 Å². The van der Waals surface area contributed by atoms with Crippen molar-refractivity contribution in [2.45, 2.75) is 38.0 Å². The number of halogens is 3. The third-order valence-electron chi connectivity index (χ3n) is 7.10. The highest BCUT2D eigenvalue weighted by molar-refractivity contribution is 6.30. The second-order valence-corrected chi connectivity index (χ2v) is 9.88. The van der Waals surface area contributed by atoms with Crippen molar-refractivity contribution in [2.75, 3.05) is 38.6 Å². The molecule has 2 N–H and O–H groups in total. The van der Waals surface area contributed by atoms with Crippen LogP contribution in [0, 0.1) is 11.6 Å². The highest BCUT2D eigenvalue weighted by atomic mass is 35.5. The summed E-state index contributed by atoms with van der Waals surface area (Å²) in [5, 5.41) is 6.60. The third kappa shape index (κ3) is 6.16. The SMILES string of the molecule is CCN(CC)CCNC(=O)C1=C(C(=O)OC)C2(C(Cc3ccc(Cl)cc3)Nc3cc(F)cc(F)c3)C=CC1O2. The maximum absolute atomic E-state index is 14.1. The van der Waals surface area contributed by atoms with Gasteiger partial charge in [0.05, 0.1) is 24.3 Å². The van der Waals surface area contributed by atoms with Gasteiger partial charge in [0, 0.05) is 29.9 Å². The Hall–Kier alpha value is -3.27. The summed E-state index contributed by atoms with van der Waals surface area (Å²) < 4.78 is 39.6. The Morgan fingerprint density at radius 3 is 2.41 bits per heavy atom. The first-order chi connectivity index (χ1) is 18.7. The van der Waals surface area contributed by atoms with Crippen molar-refractivity contribution in [3.63, 3.8) is 0 Å². The standard InChI is InChI=1S/C29H32ClF2N3O4/c1-4-35(5-2)13-12-33-27(36)25-23-10-11-29(39-23,26(25)28(37)38-3)24(14-18-6-8-19(30)9-7-18)34-22-16-20(31)15-21(32)17-22/h6-11,15-17,23-24,34H,4-5,12-14H2,1-3H3,(H,33,36). The van der Waals surface area contributed by atoms with Crippen LogP contribution in [0.1, 0.15) is 19.4 Å². The molecule has 2 aromatic rings. The molecule has 0 saturated heterocycles. The average molecular weight is 560 g/mol. The summed E-state index contributed by atoms with van der Waals surface area (Å²) in [4.78, 5) is 28.8. The number of likely N-dealkylation sites (N-methyl/N-ethyl adjacent to an activating group) is 1. The molecule has 2 aliphatic rings. The number of hydrogen-bond acceptors (Lipinski definition) is 6. The van der Waals surface area contributed by atoms with Crippen molar-refractivity contribution in [2.24, 2.45) is 0 Å². The maximum atomic E-state index is 14.1. The van der Waals surface area contributed by atoms with Gasteiger partial charge < -0.3 is 25.0 Å². The van der Waals surface area contributed by atoms with Crippen molar-refractivity contribution in [1.29, 1.82) is 0 Å². The molecule has 2 bridgehead atoms. The van der Waals surface area contributed by atoms with Gasteiger partial charge in [-0.25, -0.2) is 13.6 Å². The largest absolute Gasteiger partial charge is 0.466 e. The summed E-state index contributed by atoms with van der Waals surface area (Å²) in [5.74, 6) is -2.67. The van der Waals surface area contributed by atoms with Crippen molar-refractivity contribution in [1.82, 2.24) is 10.2 Å². The number of anilines is 1. The first-order valence-electron chi connectivity index (χ1n) is 12.9. The number of nitrogens with zero attached hydrogens (tertiary/aromatic N) is 1. The summed E-state index contributed by atoms with van der Waals surface area (Å²) in [6.45, 7) is 6.81. The summed E-state index contributed by atoms with van der Waals surface area (Å²) in [7, 11) is 1.23. The van der Waals surface area contributed by atoms with Crippen molar-refractivity contribution in [3.8, 4) is 0 Å². The van der Waals surface area contributed by atoms with E-state index in [0.717, 1.165) is 36.9 Å². The van der Waals surface area contributed by atoms with Gasteiger partial charge >= 0.3 is 5.97 Å². The first-order valence-corrected chi connectivity index (χ1v) is 13.3. The van der Waals surface area contributed by atoms with Gasteiger partial charge in [0.2, 0.25) is 0 Å². The van der Waals surface area contributed by atoms with E-state index >= 15 is 0 Å². The first kappa shape index (κ1) is 28.7. The minimum absolute atomic E-state index is 0.0566. The Balaban J connectivity index is 1.73. The Morgan fingerprint density at radius 1 is 1.13 bits per heavy atom. The zero-order valence-corrected chi connectivity index (χ0v) is 22.9. The van der Waals surface area contributed by atoms with E-state index in [-0.39, 0.29) is 23.3 Å². The predicted molar refractivity (Wildman–Crippen MR) is 146 cm³/mol. The fraction of sp³-hybridized carbons (Fsp3) is 0.379. The number of ether oxygens (including phenoxy) is 2. The molecule has 0 aliphatic carbocycles. The lowest BCUT2D eigenvalue weighted by molar-refractivity contribution is -0.138. The Morgan fingerprint density at radius 2 is 1.79 bits per heavy atom. The molecule has 1 amide bonds. The van der Waals surface area contributed by atoms with Crippen LogP contribution in [-0.4, -0.2) is 67.8 Å². The van der Waals surface area contributed by atoms with Crippen molar-refractivity contribution < 1.29 is 27.8 Å². The molecular formula is C29H32ClF2N3O4. The van der Waals surface area contributed by atoms with Gasteiger partial charge in [-0.05, 0) is 55.4 Å². The molecule has 0 radical (unpaired) electrons. The Bertz CT molecular complexity index is 1260. The molecule has 2 aromatic carbocycles. The second-order valence-electron chi connectivity index (χ2n) is 9.44. The lowest BCUT2D eigenvalue weighted by atomic mass is 9.78. The van der Waals surface area contributed by atoms with E-state index < -0.39 is 41.3 Å². The number of nitrogens with one attached hydrogen (secondary N) is 2. The monoisotopic (exact) mass is 559 g/mol. The van der Waals surface area contributed by atoms with Gasteiger partial charge in [0.15, 0.2) is 0 Å². The van der Waals surface area contributed by atoms with Gasteiger partial charge in [-0.15, -0.1) is 0 Å². The molecule has 10 heteroatoms. The summed E-state index contributed by atoms with van der Waals surface area (Å²) in [6, 6.07) is 9.40. The topological polar surface area (TPSA) is 79.9 Å². The van der Waals surface area contributed by atoms with Crippen LogP contribution in [0.3, 0.4) is 0 Å². The third-order valence-corrected chi connectivity index (χ3v) is 7.35. The number of carbonyl (C=O) groups is 2. The predicted octanol–water partition coefficient (Wildman–Crippen LogP) is 4.28. The highest BCUT2D eigenvalue weighted by Crippen LogP contribution is 2.47. The van der Waals surface area contributed by atoms with E-state index in [1.165, 1.54) is 7.11 Å². The molecule has 0 spiro atoms. The number of carbonyl (C=O) groups excluding carboxylic acids is 2.